The smallest absolute Gasteiger partial charge is 0.126 e. The second-order valence-electron chi connectivity index (χ2n) is 7.97. The number of rotatable bonds is 5. The van der Waals surface area contributed by atoms with E-state index in [0.29, 0.717) is 17.8 Å². The fourth-order valence-corrected chi connectivity index (χ4v) is 5.39. The Labute approximate surface area is 143 Å². The lowest BCUT2D eigenvalue weighted by Gasteiger charge is -2.47. The number of alkyl halides is 1. The van der Waals surface area contributed by atoms with E-state index in [-0.39, 0.29) is 12.6 Å². The Morgan fingerprint density at radius 3 is 2.08 bits per heavy atom. The number of hydrogen-bond donors (Lipinski definition) is 0. The molecule has 1 aromatic rings. The van der Waals surface area contributed by atoms with Crippen molar-refractivity contribution in [2.45, 2.75) is 76.5 Å². The summed E-state index contributed by atoms with van der Waals surface area (Å²) in [5.41, 5.74) is 1.15. The SMILES string of the molecule is FCCCC1(C2CCC(c3cc(F)cc(F)c3)CC2)CCCCC1. The van der Waals surface area contributed by atoms with Crippen molar-refractivity contribution in [3.63, 3.8) is 0 Å². The minimum atomic E-state index is -0.473. The first-order chi connectivity index (χ1) is 11.6. The van der Waals surface area contributed by atoms with Crippen molar-refractivity contribution in [1.29, 1.82) is 0 Å². The number of benzene rings is 1. The van der Waals surface area contributed by atoms with E-state index < -0.39 is 11.6 Å². The molecule has 0 N–H and O–H groups in total. The zero-order valence-electron chi connectivity index (χ0n) is 14.5. The highest BCUT2D eigenvalue weighted by Crippen LogP contribution is 2.53. The molecule has 0 amide bonds. The van der Waals surface area contributed by atoms with Gasteiger partial charge < -0.3 is 0 Å². The van der Waals surface area contributed by atoms with Crippen LogP contribution >= 0.6 is 0 Å². The predicted molar refractivity (Wildman–Crippen MR) is 91.8 cm³/mol. The topological polar surface area (TPSA) is 0 Å². The van der Waals surface area contributed by atoms with Crippen LogP contribution in [0.25, 0.3) is 0 Å². The minimum Gasteiger partial charge on any atom is -0.251 e. The van der Waals surface area contributed by atoms with Crippen LogP contribution in [0.4, 0.5) is 13.2 Å². The van der Waals surface area contributed by atoms with Crippen LogP contribution in [0.3, 0.4) is 0 Å². The third kappa shape index (κ3) is 3.97. The molecule has 0 aliphatic heterocycles. The zero-order valence-corrected chi connectivity index (χ0v) is 14.5. The standard InChI is InChI=1S/C21H29F3/c22-12-4-11-21(9-2-1-3-10-21)18-7-5-16(6-8-18)17-13-19(23)15-20(24)14-17/h13-16,18H,1-12H2. The van der Waals surface area contributed by atoms with Crippen LogP contribution in [-0.2, 0) is 0 Å². The lowest BCUT2D eigenvalue weighted by molar-refractivity contribution is 0.0494. The summed E-state index contributed by atoms with van der Waals surface area (Å²) in [6.07, 6.45) is 12.3. The highest BCUT2D eigenvalue weighted by molar-refractivity contribution is 5.22. The third-order valence-electron chi connectivity index (χ3n) is 6.61. The quantitative estimate of drug-likeness (QED) is 0.545. The Hall–Kier alpha value is -0.990. The maximum atomic E-state index is 13.5. The molecule has 2 saturated carbocycles. The molecule has 0 radical (unpaired) electrons. The van der Waals surface area contributed by atoms with Gasteiger partial charge >= 0.3 is 0 Å². The summed E-state index contributed by atoms with van der Waals surface area (Å²) in [4.78, 5) is 0. The van der Waals surface area contributed by atoms with E-state index in [9.17, 15) is 13.2 Å². The Morgan fingerprint density at radius 1 is 0.875 bits per heavy atom. The summed E-state index contributed by atoms with van der Waals surface area (Å²) < 4.78 is 39.7. The molecule has 0 atom stereocenters. The molecule has 3 rings (SSSR count). The van der Waals surface area contributed by atoms with Gasteiger partial charge in [0.2, 0.25) is 0 Å². The molecule has 2 fully saturated rings. The number of hydrogen-bond acceptors (Lipinski definition) is 0. The molecule has 0 bridgehead atoms. The van der Waals surface area contributed by atoms with Gasteiger partial charge in [0.05, 0.1) is 6.67 Å². The minimum absolute atomic E-state index is 0.209. The molecule has 2 aliphatic carbocycles. The van der Waals surface area contributed by atoms with Crippen molar-refractivity contribution in [2.75, 3.05) is 6.67 Å². The van der Waals surface area contributed by atoms with Gasteiger partial charge in [0.15, 0.2) is 0 Å². The van der Waals surface area contributed by atoms with Crippen LogP contribution in [0, 0.1) is 23.0 Å². The van der Waals surface area contributed by atoms with Gasteiger partial charge in [-0.3, -0.25) is 4.39 Å². The van der Waals surface area contributed by atoms with Crippen LogP contribution in [-0.4, -0.2) is 6.67 Å². The predicted octanol–water partition coefficient (Wildman–Crippen LogP) is 6.94. The van der Waals surface area contributed by atoms with Crippen LogP contribution in [0.1, 0.15) is 82.1 Å². The average Bonchev–Trinajstić information content (AvgIpc) is 2.60. The van der Waals surface area contributed by atoms with Gasteiger partial charge in [-0.1, -0.05) is 19.3 Å². The number of halogens is 3. The lowest BCUT2D eigenvalue weighted by Crippen LogP contribution is -2.35. The summed E-state index contributed by atoms with van der Waals surface area (Å²) in [6.45, 7) is -0.209. The molecule has 3 heteroatoms. The lowest BCUT2D eigenvalue weighted by atomic mass is 9.58. The fraction of sp³-hybridized carbons (Fsp3) is 0.714. The van der Waals surface area contributed by atoms with Gasteiger partial charge in [-0.15, -0.1) is 0 Å². The summed E-state index contributed by atoms with van der Waals surface area (Å²) >= 11 is 0. The monoisotopic (exact) mass is 338 g/mol. The first-order valence-electron chi connectivity index (χ1n) is 9.65. The third-order valence-corrected chi connectivity index (χ3v) is 6.61. The molecule has 0 nitrogen and oxygen atoms in total. The van der Waals surface area contributed by atoms with Gasteiger partial charge in [-0.25, -0.2) is 8.78 Å². The fourth-order valence-electron chi connectivity index (χ4n) is 5.39. The molecule has 0 aromatic heterocycles. The van der Waals surface area contributed by atoms with Gasteiger partial charge in [0.25, 0.3) is 0 Å². The van der Waals surface area contributed by atoms with Gasteiger partial charge in [-0.2, -0.15) is 0 Å². The van der Waals surface area contributed by atoms with E-state index in [1.165, 1.54) is 44.2 Å². The van der Waals surface area contributed by atoms with Crippen molar-refractivity contribution in [1.82, 2.24) is 0 Å². The first kappa shape index (κ1) is 17.8. The molecule has 1 aromatic carbocycles. The van der Waals surface area contributed by atoms with Crippen molar-refractivity contribution < 1.29 is 13.2 Å². The Morgan fingerprint density at radius 2 is 1.50 bits per heavy atom. The molecule has 0 spiro atoms. The average molecular weight is 338 g/mol. The molecule has 0 saturated heterocycles. The van der Waals surface area contributed by atoms with Gasteiger partial charge in [0, 0.05) is 6.07 Å². The van der Waals surface area contributed by atoms with E-state index in [4.69, 9.17) is 0 Å². The Kier molecular flexibility index (Phi) is 5.89. The maximum absolute atomic E-state index is 13.5. The van der Waals surface area contributed by atoms with Crippen LogP contribution in [0.2, 0.25) is 0 Å². The molecular weight excluding hydrogens is 309 g/mol. The van der Waals surface area contributed by atoms with Crippen LogP contribution in [0.5, 0.6) is 0 Å². The molecular formula is C21H29F3. The summed E-state index contributed by atoms with van der Waals surface area (Å²) in [6, 6.07) is 3.93. The van der Waals surface area contributed by atoms with E-state index in [2.05, 4.69) is 0 Å². The molecule has 134 valence electrons. The highest BCUT2D eigenvalue weighted by atomic mass is 19.1. The second-order valence-corrected chi connectivity index (χ2v) is 7.97. The highest BCUT2D eigenvalue weighted by Gasteiger charge is 2.40. The first-order valence-corrected chi connectivity index (χ1v) is 9.65. The molecule has 0 unspecified atom stereocenters. The van der Waals surface area contributed by atoms with Crippen LogP contribution < -0.4 is 0 Å². The van der Waals surface area contributed by atoms with E-state index in [0.717, 1.165) is 43.7 Å². The van der Waals surface area contributed by atoms with Gasteiger partial charge in [-0.05, 0) is 86.3 Å². The Bertz CT molecular complexity index is 506. The molecule has 2 aliphatic rings. The Balaban J connectivity index is 1.66. The maximum Gasteiger partial charge on any atom is 0.126 e. The van der Waals surface area contributed by atoms with Crippen molar-refractivity contribution >= 4 is 0 Å². The normalized spacial score (nSPS) is 27.1. The van der Waals surface area contributed by atoms with E-state index in [1.54, 1.807) is 0 Å². The van der Waals surface area contributed by atoms with Crippen molar-refractivity contribution in [2.24, 2.45) is 11.3 Å². The summed E-state index contributed by atoms with van der Waals surface area (Å²) in [5.74, 6) is -0.00934. The zero-order chi connectivity index (χ0) is 17.0. The summed E-state index contributed by atoms with van der Waals surface area (Å²) in [7, 11) is 0. The largest absolute Gasteiger partial charge is 0.251 e. The molecule has 24 heavy (non-hydrogen) atoms. The van der Waals surface area contributed by atoms with E-state index in [1.807, 2.05) is 0 Å². The van der Waals surface area contributed by atoms with Gasteiger partial charge in [0.1, 0.15) is 11.6 Å². The van der Waals surface area contributed by atoms with E-state index >= 15 is 0 Å². The molecule has 0 heterocycles. The van der Waals surface area contributed by atoms with Crippen molar-refractivity contribution in [3.8, 4) is 0 Å². The second kappa shape index (κ2) is 7.93. The van der Waals surface area contributed by atoms with Crippen LogP contribution in [0.15, 0.2) is 18.2 Å². The summed E-state index contributed by atoms with van der Waals surface area (Å²) in [5, 5.41) is 0. The van der Waals surface area contributed by atoms with Crippen molar-refractivity contribution in [3.05, 3.63) is 35.4 Å².